The molecule has 1 fully saturated rings. The van der Waals surface area contributed by atoms with Crippen LogP contribution in [0.15, 0.2) is 42.5 Å². The highest BCUT2D eigenvalue weighted by Crippen LogP contribution is 2.34. The van der Waals surface area contributed by atoms with Crippen molar-refractivity contribution in [3.05, 3.63) is 64.7 Å². The zero-order valence-electron chi connectivity index (χ0n) is 16.9. The number of benzene rings is 2. The van der Waals surface area contributed by atoms with Crippen LogP contribution in [0.25, 0.3) is 0 Å². The summed E-state index contributed by atoms with van der Waals surface area (Å²) in [4.78, 5) is 50.7. The van der Waals surface area contributed by atoms with Crippen molar-refractivity contribution in [2.24, 2.45) is 5.92 Å². The molecule has 158 valence electrons. The second-order valence-corrected chi connectivity index (χ2v) is 8.31. The molecule has 4 amide bonds. The molecule has 0 saturated carbocycles. The normalized spacial score (nSPS) is 22.8. The standard InChI is InChI=1S/C24H22N2O5/c27-20-11-10-18(22(28)25-20)26-23(29)17-6-3-7-19(21(17)24(26)30)31-13-14-8-9-15-4-1-2-5-16(15)12-14/h1-7,14,18H,8-13H2,(H,25,27,28)/t14-,18?/m0/s1. The van der Waals surface area contributed by atoms with Crippen molar-refractivity contribution >= 4 is 23.6 Å². The van der Waals surface area contributed by atoms with Crippen molar-refractivity contribution in [1.82, 2.24) is 10.2 Å². The van der Waals surface area contributed by atoms with Gasteiger partial charge < -0.3 is 4.74 Å². The van der Waals surface area contributed by atoms with Gasteiger partial charge in [-0.2, -0.15) is 0 Å². The average molecular weight is 418 g/mol. The van der Waals surface area contributed by atoms with Gasteiger partial charge in [0.15, 0.2) is 0 Å². The van der Waals surface area contributed by atoms with Crippen LogP contribution in [0.1, 0.15) is 51.1 Å². The van der Waals surface area contributed by atoms with E-state index in [1.54, 1.807) is 18.2 Å². The predicted octanol–water partition coefficient (Wildman–Crippen LogP) is 2.27. The highest BCUT2D eigenvalue weighted by atomic mass is 16.5. The van der Waals surface area contributed by atoms with Crippen LogP contribution in [0.2, 0.25) is 0 Å². The number of hydrogen-bond acceptors (Lipinski definition) is 5. The largest absolute Gasteiger partial charge is 0.492 e. The van der Waals surface area contributed by atoms with Crippen LogP contribution in [0, 0.1) is 5.92 Å². The van der Waals surface area contributed by atoms with Gasteiger partial charge in [-0.05, 0) is 54.9 Å². The molecule has 2 heterocycles. The summed E-state index contributed by atoms with van der Waals surface area (Å²) in [6.07, 6.45) is 3.14. The number of fused-ring (bicyclic) bond motifs is 2. The van der Waals surface area contributed by atoms with E-state index in [4.69, 9.17) is 4.74 Å². The van der Waals surface area contributed by atoms with Crippen LogP contribution in [0.3, 0.4) is 0 Å². The molecule has 1 unspecified atom stereocenters. The quantitative estimate of drug-likeness (QED) is 0.769. The lowest BCUT2D eigenvalue weighted by Crippen LogP contribution is -2.54. The Morgan fingerprint density at radius 2 is 1.71 bits per heavy atom. The molecule has 3 aliphatic rings. The number of carbonyl (C=O) groups excluding carboxylic acids is 4. The fraction of sp³-hybridized carbons (Fsp3) is 0.333. The molecule has 2 atom stereocenters. The van der Waals surface area contributed by atoms with E-state index in [-0.39, 0.29) is 24.0 Å². The molecule has 0 spiro atoms. The molecule has 5 rings (SSSR count). The Balaban J connectivity index is 1.34. The monoisotopic (exact) mass is 418 g/mol. The first-order chi connectivity index (χ1) is 15.0. The van der Waals surface area contributed by atoms with Crippen LogP contribution in [0.4, 0.5) is 0 Å². The van der Waals surface area contributed by atoms with E-state index in [1.807, 2.05) is 6.07 Å². The number of piperidine rings is 1. The Morgan fingerprint density at radius 1 is 0.903 bits per heavy atom. The molecule has 0 bridgehead atoms. The maximum absolute atomic E-state index is 13.1. The van der Waals surface area contributed by atoms with Gasteiger partial charge in [0.05, 0.1) is 17.7 Å². The topological polar surface area (TPSA) is 92.8 Å². The van der Waals surface area contributed by atoms with Crippen LogP contribution in [0.5, 0.6) is 5.75 Å². The molecule has 2 aliphatic heterocycles. The van der Waals surface area contributed by atoms with E-state index in [0.29, 0.717) is 18.3 Å². The number of aryl methyl sites for hydroxylation is 1. The third kappa shape index (κ3) is 3.40. The third-order valence-electron chi connectivity index (χ3n) is 6.35. The molecule has 1 saturated heterocycles. The summed E-state index contributed by atoms with van der Waals surface area (Å²) in [5.74, 6) is -1.38. The molecule has 1 aliphatic carbocycles. The summed E-state index contributed by atoms with van der Waals surface area (Å²) in [5.41, 5.74) is 3.14. The molecule has 2 aromatic rings. The lowest BCUT2D eigenvalue weighted by atomic mass is 9.84. The number of rotatable bonds is 4. The minimum Gasteiger partial charge on any atom is -0.492 e. The smallest absolute Gasteiger partial charge is 0.266 e. The van der Waals surface area contributed by atoms with E-state index < -0.39 is 29.7 Å². The Morgan fingerprint density at radius 3 is 2.52 bits per heavy atom. The summed E-state index contributed by atoms with van der Waals surface area (Å²) in [7, 11) is 0. The molecular weight excluding hydrogens is 396 g/mol. The van der Waals surface area contributed by atoms with Gasteiger partial charge in [0.25, 0.3) is 11.8 Å². The van der Waals surface area contributed by atoms with Gasteiger partial charge in [0.1, 0.15) is 11.8 Å². The SMILES string of the molecule is O=C1CCC(N2C(=O)c3cccc(OC[C@H]4CCc5ccccc5C4)c3C2=O)C(=O)N1. The first-order valence-corrected chi connectivity index (χ1v) is 10.6. The zero-order chi connectivity index (χ0) is 21.5. The van der Waals surface area contributed by atoms with E-state index in [0.717, 1.165) is 24.2 Å². The van der Waals surface area contributed by atoms with Crippen molar-refractivity contribution in [3.8, 4) is 5.75 Å². The van der Waals surface area contributed by atoms with E-state index in [2.05, 4.69) is 23.5 Å². The van der Waals surface area contributed by atoms with Crippen molar-refractivity contribution in [2.45, 2.75) is 38.1 Å². The van der Waals surface area contributed by atoms with Crippen molar-refractivity contribution in [3.63, 3.8) is 0 Å². The molecular formula is C24H22N2O5. The zero-order valence-corrected chi connectivity index (χ0v) is 16.9. The molecule has 7 heteroatoms. The molecule has 31 heavy (non-hydrogen) atoms. The summed E-state index contributed by atoms with van der Waals surface area (Å²) >= 11 is 0. The summed E-state index contributed by atoms with van der Waals surface area (Å²) in [5, 5.41) is 2.21. The number of amides is 4. The van der Waals surface area contributed by atoms with Crippen molar-refractivity contribution in [2.75, 3.05) is 6.61 Å². The lowest BCUT2D eigenvalue weighted by Gasteiger charge is -2.28. The number of nitrogens with zero attached hydrogens (tertiary/aromatic N) is 1. The minimum atomic E-state index is -0.979. The molecule has 0 aromatic heterocycles. The van der Waals surface area contributed by atoms with Crippen molar-refractivity contribution in [1.29, 1.82) is 0 Å². The van der Waals surface area contributed by atoms with Crippen LogP contribution >= 0.6 is 0 Å². The van der Waals surface area contributed by atoms with Gasteiger partial charge in [-0.25, -0.2) is 0 Å². The second kappa shape index (κ2) is 7.65. The van der Waals surface area contributed by atoms with Crippen LogP contribution < -0.4 is 10.1 Å². The first kappa shape index (κ1) is 19.5. The average Bonchev–Trinajstić information content (AvgIpc) is 3.03. The van der Waals surface area contributed by atoms with Gasteiger partial charge in [-0.15, -0.1) is 0 Å². The predicted molar refractivity (Wildman–Crippen MR) is 111 cm³/mol. The number of carbonyl (C=O) groups is 4. The fourth-order valence-electron chi connectivity index (χ4n) is 4.73. The van der Waals surface area contributed by atoms with Crippen LogP contribution in [-0.4, -0.2) is 41.2 Å². The number of imide groups is 2. The van der Waals surface area contributed by atoms with Gasteiger partial charge in [-0.1, -0.05) is 30.3 Å². The van der Waals surface area contributed by atoms with Gasteiger partial charge in [-0.3, -0.25) is 29.4 Å². The van der Waals surface area contributed by atoms with E-state index in [9.17, 15) is 19.2 Å². The summed E-state index contributed by atoms with van der Waals surface area (Å²) < 4.78 is 6.05. The second-order valence-electron chi connectivity index (χ2n) is 8.31. The Hall–Kier alpha value is -3.48. The van der Waals surface area contributed by atoms with Crippen LogP contribution in [-0.2, 0) is 22.4 Å². The molecule has 2 aromatic carbocycles. The highest BCUT2D eigenvalue weighted by Gasteiger charge is 2.46. The summed E-state index contributed by atoms with van der Waals surface area (Å²) in [6.45, 7) is 0.449. The van der Waals surface area contributed by atoms with Crippen molar-refractivity contribution < 1.29 is 23.9 Å². The maximum atomic E-state index is 13.1. The fourth-order valence-corrected chi connectivity index (χ4v) is 4.73. The van der Waals surface area contributed by atoms with Gasteiger partial charge in [0.2, 0.25) is 11.8 Å². The molecule has 7 nitrogen and oxygen atoms in total. The van der Waals surface area contributed by atoms with E-state index in [1.165, 1.54) is 11.1 Å². The molecule has 1 N–H and O–H groups in total. The Bertz CT molecular complexity index is 1110. The number of nitrogens with one attached hydrogen (secondary N) is 1. The molecule has 0 radical (unpaired) electrons. The Kier molecular flexibility index (Phi) is 4.81. The Labute approximate surface area is 179 Å². The van der Waals surface area contributed by atoms with Gasteiger partial charge >= 0.3 is 0 Å². The maximum Gasteiger partial charge on any atom is 0.266 e. The number of hydrogen-bond donors (Lipinski definition) is 1. The third-order valence-corrected chi connectivity index (χ3v) is 6.35. The lowest BCUT2D eigenvalue weighted by molar-refractivity contribution is -0.136. The number of ether oxygens (including phenoxy) is 1. The highest BCUT2D eigenvalue weighted by molar-refractivity contribution is 6.24. The van der Waals surface area contributed by atoms with Gasteiger partial charge in [0, 0.05) is 6.42 Å². The van der Waals surface area contributed by atoms with E-state index >= 15 is 0 Å². The minimum absolute atomic E-state index is 0.0936. The summed E-state index contributed by atoms with van der Waals surface area (Å²) in [6, 6.07) is 12.4. The first-order valence-electron chi connectivity index (χ1n) is 10.6.